The van der Waals surface area contributed by atoms with Gasteiger partial charge in [0, 0.05) is 13.1 Å². The van der Waals surface area contributed by atoms with Crippen molar-refractivity contribution < 1.29 is 17.9 Å². The van der Waals surface area contributed by atoms with Gasteiger partial charge < -0.3 is 10.1 Å². The number of ether oxygens (including phenoxy) is 1. The molecule has 4 rings (SSSR count). The van der Waals surface area contributed by atoms with Crippen LogP contribution < -0.4 is 10.1 Å². The van der Waals surface area contributed by atoms with Crippen molar-refractivity contribution in [3.8, 4) is 5.75 Å². The van der Waals surface area contributed by atoms with Crippen LogP contribution in [0.3, 0.4) is 0 Å². The zero-order chi connectivity index (χ0) is 22.7. The Kier molecular flexibility index (Phi) is 6.48. The molecule has 0 spiro atoms. The van der Waals surface area contributed by atoms with E-state index in [4.69, 9.17) is 4.74 Å². The smallest absolute Gasteiger partial charge is 0.243 e. The molecule has 1 heterocycles. The third kappa shape index (κ3) is 4.64. The molecule has 0 bridgehead atoms. The first-order chi connectivity index (χ1) is 15.4. The van der Waals surface area contributed by atoms with E-state index in [9.17, 15) is 13.2 Å². The predicted molar refractivity (Wildman–Crippen MR) is 125 cm³/mol. The molecule has 7 heteroatoms. The number of hydrogen-bond acceptors (Lipinski definition) is 4. The van der Waals surface area contributed by atoms with Gasteiger partial charge in [0.05, 0.1) is 24.0 Å². The van der Waals surface area contributed by atoms with Crippen LogP contribution in [-0.2, 0) is 14.8 Å². The van der Waals surface area contributed by atoms with E-state index in [1.165, 1.54) is 4.31 Å². The van der Waals surface area contributed by atoms with E-state index in [0.29, 0.717) is 19.4 Å². The maximum Gasteiger partial charge on any atom is 0.243 e. The molecule has 0 radical (unpaired) electrons. The zero-order valence-electron chi connectivity index (χ0n) is 18.3. The fourth-order valence-electron chi connectivity index (χ4n) is 4.16. The van der Waals surface area contributed by atoms with Crippen molar-refractivity contribution >= 4 is 26.7 Å². The summed E-state index contributed by atoms with van der Waals surface area (Å²) in [6.45, 7) is 2.54. The molecule has 1 aliphatic heterocycles. The molecule has 32 heavy (non-hydrogen) atoms. The van der Waals surface area contributed by atoms with Crippen LogP contribution in [0.4, 0.5) is 0 Å². The van der Waals surface area contributed by atoms with Crippen LogP contribution in [0.2, 0.25) is 0 Å². The Morgan fingerprint density at radius 1 is 1.06 bits per heavy atom. The van der Waals surface area contributed by atoms with Gasteiger partial charge in [-0.05, 0) is 60.4 Å². The third-order valence-electron chi connectivity index (χ3n) is 6.09. The minimum Gasteiger partial charge on any atom is -0.497 e. The second-order valence-electron chi connectivity index (χ2n) is 8.21. The van der Waals surface area contributed by atoms with E-state index in [1.807, 2.05) is 61.5 Å². The van der Waals surface area contributed by atoms with Crippen LogP contribution in [0, 0.1) is 5.92 Å². The number of carbonyl (C=O) groups is 1. The zero-order valence-corrected chi connectivity index (χ0v) is 19.1. The first-order valence-corrected chi connectivity index (χ1v) is 12.3. The van der Waals surface area contributed by atoms with Crippen LogP contribution in [0.25, 0.3) is 10.8 Å². The van der Waals surface area contributed by atoms with Crippen LogP contribution in [0.1, 0.15) is 31.4 Å². The van der Waals surface area contributed by atoms with Gasteiger partial charge in [0.15, 0.2) is 0 Å². The molecule has 0 unspecified atom stereocenters. The summed E-state index contributed by atoms with van der Waals surface area (Å²) in [5.74, 6) is 0.264. The lowest BCUT2D eigenvalue weighted by atomic mass is 9.98. The molecule has 1 amide bonds. The number of piperidine rings is 1. The van der Waals surface area contributed by atoms with Gasteiger partial charge in [0.2, 0.25) is 15.9 Å². The Labute approximate surface area is 189 Å². The summed E-state index contributed by atoms with van der Waals surface area (Å²) in [5, 5.41) is 4.92. The molecular weight excluding hydrogens is 424 g/mol. The van der Waals surface area contributed by atoms with Crippen molar-refractivity contribution in [1.29, 1.82) is 0 Å². The van der Waals surface area contributed by atoms with Crippen molar-refractivity contribution in [2.24, 2.45) is 5.92 Å². The second kappa shape index (κ2) is 9.30. The van der Waals surface area contributed by atoms with E-state index >= 15 is 0 Å². The molecule has 1 saturated heterocycles. The maximum absolute atomic E-state index is 13.3. The molecule has 2 atom stereocenters. The highest BCUT2D eigenvalue weighted by molar-refractivity contribution is 7.89. The van der Waals surface area contributed by atoms with Crippen molar-refractivity contribution in [3.05, 3.63) is 72.3 Å². The second-order valence-corrected chi connectivity index (χ2v) is 10.2. The van der Waals surface area contributed by atoms with Crippen LogP contribution in [0.15, 0.2) is 71.6 Å². The number of methoxy groups -OCH3 is 1. The quantitative estimate of drug-likeness (QED) is 0.610. The summed E-state index contributed by atoms with van der Waals surface area (Å²) in [6.07, 6.45) is 1.33. The lowest BCUT2D eigenvalue weighted by Gasteiger charge is -2.32. The third-order valence-corrected chi connectivity index (χ3v) is 7.95. The van der Waals surface area contributed by atoms with Crippen LogP contribution in [-0.4, -0.2) is 38.8 Å². The number of sulfonamides is 1. The average molecular weight is 453 g/mol. The Balaban J connectivity index is 1.46. The van der Waals surface area contributed by atoms with Crippen molar-refractivity contribution in [2.75, 3.05) is 20.2 Å². The first kappa shape index (κ1) is 22.3. The van der Waals surface area contributed by atoms with Crippen molar-refractivity contribution in [1.82, 2.24) is 9.62 Å². The maximum atomic E-state index is 13.3. The highest BCUT2D eigenvalue weighted by Gasteiger charge is 2.33. The molecule has 6 nitrogen and oxygen atoms in total. The SMILES string of the molecule is COc1ccc([C@H](C)NC(=O)[C@@H]2CCCN(S(=O)(=O)c3ccc4ccccc4c3)C2)cc1. The number of benzene rings is 3. The van der Waals surface area contributed by atoms with E-state index in [0.717, 1.165) is 22.1 Å². The summed E-state index contributed by atoms with van der Waals surface area (Å²) >= 11 is 0. The van der Waals surface area contributed by atoms with Crippen molar-refractivity contribution in [2.45, 2.75) is 30.7 Å². The Bertz CT molecular complexity index is 1210. The van der Waals surface area contributed by atoms with Gasteiger partial charge >= 0.3 is 0 Å². The summed E-state index contributed by atoms with van der Waals surface area (Å²) in [7, 11) is -2.06. The predicted octanol–water partition coefficient (Wildman–Crippen LogP) is 4.13. The van der Waals surface area contributed by atoms with E-state index in [-0.39, 0.29) is 29.3 Å². The Morgan fingerprint density at radius 3 is 2.50 bits per heavy atom. The molecule has 0 saturated carbocycles. The van der Waals surface area contributed by atoms with Gasteiger partial charge in [-0.3, -0.25) is 4.79 Å². The van der Waals surface area contributed by atoms with Crippen LogP contribution >= 0.6 is 0 Å². The minimum absolute atomic E-state index is 0.119. The minimum atomic E-state index is -3.67. The summed E-state index contributed by atoms with van der Waals surface area (Å²) in [6, 6.07) is 20.2. The molecule has 1 N–H and O–H groups in total. The Hall–Kier alpha value is -2.90. The van der Waals surface area contributed by atoms with Crippen molar-refractivity contribution in [3.63, 3.8) is 0 Å². The number of hydrogen-bond donors (Lipinski definition) is 1. The highest BCUT2D eigenvalue weighted by Crippen LogP contribution is 2.27. The lowest BCUT2D eigenvalue weighted by molar-refractivity contribution is -0.126. The van der Waals surface area contributed by atoms with Gasteiger partial charge in [0.1, 0.15) is 5.75 Å². The van der Waals surface area contributed by atoms with Crippen LogP contribution in [0.5, 0.6) is 5.75 Å². The summed E-state index contributed by atoms with van der Waals surface area (Å²) in [4.78, 5) is 13.2. The molecule has 0 aliphatic carbocycles. The number of nitrogens with zero attached hydrogens (tertiary/aromatic N) is 1. The fraction of sp³-hybridized carbons (Fsp3) is 0.320. The van der Waals surface area contributed by atoms with E-state index in [1.54, 1.807) is 19.2 Å². The monoisotopic (exact) mass is 452 g/mol. The van der Waals surface area contributed by atoms with Gasteiger partial charge in [-0.1, -0.05) is 42.5 Å². The topological polar surface area (TPSA) is 75.7 Å². The van der Waals surface area contributed by atoms with Gasteiger partial charge in [-0.25, -0.2) is 8.42 Å². The lowest BCUT2D eigenvalue weighted by Crippen LogP contribution is -2.45. The number of nitrogens with one attached hydrogen (secondary N) is 1. The van der Waals surface area contributed by atoms with Gasteiger partial charge in [-0.2, -0.15) is 4.31 Å². The first-order valence-electron chi connectivity index (χ1n) is 10.8. The Morgan fingerprint density at radius 2 is 1.78 bits per heavy atom. The molecule has 1 fully saturated rings. The molecule has 168 valence electrons. The molecular formula is C25H28N2O4S. The molecule has 0 aromatic heterocycles. The molecule has 3 aromatic carbocycles. The number of carbonyl (C=O) groups excluding carboxylic acids is 1. The number of rotatable bonds is 6. The number of amides is 1. The fourth-order valence-corrected chi connectivity index (χ4v) is 5.72. The standard InChI is InChI=1S/C25H28N2O4S/c1-18(19-9-12-23(31-2)13-10-19)26-25(28)22-8-5-15-27(17-22)32(29,30)24-14-11-20-6-3-4-7-21(20)16-24/h3-4,6-7,9-14,16,18,22H,5,8,15,17H2,1-2H3,(H,26,28)/t18-,22+/m0/s1. The number of fused-ring (bicyclic) bond motifs is 1. The molecule has 1 aliphatic rings. The highest BCUT2D eigenvalue weighted by atomic mass is 32.2. The normalized spacial score (nSPS) is 18.2. The summed E-state index contributed by atoms with van der Waals surface area (Å²) < 4.78 is 33.2. The van der Waals surface area contributed by atoms with Gasteiger partial charge in [-0.15, -0.1) is 0 Å². The van der Waals surface area contributed by atoms with E-state index < -0.39 is 10.0 Å². The summed E-state index contributed by atoms with van der Waals surface area (Å²) in [5.41, 5.74) is 0.968. The van der Waals surface area contributed by atoms with Gasteiger partial charge in [0.25, 0.3) is 0 Å². The van der Waals surface area contributed by atoms with E-state index in [2.05, 4.69) is 5.32 Å². The average Bonchev–Trinajstić information content (AvgIpc) is 2.83. The largest absolute Gasteiger partial charge is 0.497 e. The molecule has 3 aromatic rings.